The van der Waals surface area contributed by atoms with Gasteiger partial charge in [-0.1, -0.05) is 30.3 Å². The molecule has 0 aromatic heterocycles. The van der Waals surface area contributed by atoms with Gasteiger partial charge in [0, 0.05) is 18.6 Å². The van der Waals surface area contributed by atoms with Crippen molar-refractivity contribution in [3.05, 3.63) is 64.2 Å². The molecule has 2 rings (SSSR count). The standard InChI is InChI=1S/C17H16N2O6/c20-16(8-9-17(21)22)18-14-10-13(19(23)24)6-7-15(14)25-11-12-4-2-1-3-5-12/h1-7,10H,8-9,11H2,(H,18,20)(H,21,22). The van der Waals surface area contributed by atoms with E-state index >= 15 is 0 Å². The van der Waals surface area contributed by atoms with Crippen LogP contribution in [0.1, 0.15) is 18.4 Å². The molecule has 2 aromatic rings. The Labute approximate surface area is 143 Å². The van der Waals surface area contributed by atoms with Crippen molar-refractivity contribution in [3.8, 4) is 5.75 Å². The number of amides is 1. The topological polar surface area (TPSA) is 119 Å². The van der Waals surface area contributed by atoms with E-state index in [1.807, 2.05) is 30.3 Å². The number of non-ortho nitro benzene ring substituents is 1. The van der Waals surface area contributed by atoms with E-state index in [-0.39, 0.29) is 36.6 Å². The number of aliphatic carboxylic acids is 1. The Hall–Kier alpha value is -3.42. The van der Waals surface area contributed by atoms with Gasteiger partial charge in [0.05, 0.1) is 17.0 Å². The van der Waals surface area contributed by atoms with Gasteiger partial charge in [0.2, 0.25) is 5.91 Å². The fourth-order valence-electron chi connectivity index (χ4n) is 2.02. The first-order valence-corrected chi connectivity index (χ1v) is 7.42. The summed E-state index contributed by atoms with van der Waals surface area (Å²) in [5, 5.41) is 22.0. The van der Waals surface area contributed by atoms with E-state index in [0.717, 1.165) is 5.56 Å². The molecule has 8 heteroatoms. The lowest BCUT2D eigenvalue weighted by molar-refractivity contribution is -0.384. The van der Waals surface area contributed by atoms with Crippen molar-refractivity contribution < 1.29 is 24.4 Å². The highest BCUT2D eigenvalue weighted by molar-refractivity contribution is 5.94. The van der Waals surface area contributed by atoms with Crippen LogP contribution in [0.4, 0.5) is 11.4 Å². The van der Waals surface area contributed by atoms with Crippen LogP contribution in [0.15, 0.2) is 48.5 Å². The summed E-state index contributed by atoms with van der Waals surface area (Å²) in [5.41, 5.74) is 0.810. The lowest BCUT2D eigenvalue weighted by Gasteiger charge is -2.12. The molecule has 0 bridgehead atoms. The molecule has 0 unspecified atom stereocenters. The zero-order valence-electron chi connectivity index (χ0n) is 13.2. The summed E-state index contributed by atoms with van der Waals surface area (Å²) in [4.78, 5) is 32.7. The van der Waals surface area contributed by atoms with Crippen molar-refractivity contribution in [2.75, 3.05) is 5.32 Å². The number of carboxylic acids is 1. The predicted molar refractivity (Wildman–Crippen MR) is 89.4 cm³/mol. The van der Waals surface area contributed by atoms with Gasteiger partial charge in [-0.05, 0) is 11.6 Å². The van der Waals surface area contributed by atoms with Gasteiger partial charge in [-0.15, -0.1) is 0 Å². The van der Waals surface area contributed by atoms with Crippen LogP contribution in [0.3, 0.4) is 0 Å². The third-order valence-electron chi connectivity index (χ3n) is 3.25. The summed E-state index contributed by atoms with van der Waals surface area (Å²) in [6.45, 7) is 0.219. The number of rotatable bonds is 8. The van der Waals surface area contributed by atoms with Crippen LogP contribution < -0.4 is 10.1 Å². The number of carbonyl (C=O) groups excluding carboxylic acids is 1. The number of ether oxygens (including phenoxy) is 1. The molecule has 0 atom stereocenters. The van der Waals surface area contributed by atoms with Crippen molar-refractivity contribution >= 4 is 23.3 Å². The summed E-state index contributed by atoms with van der Waals surface area (Å²) in [5.74, 6) is -1.40. The molecule has 130 valence electrons. The SMILES string of the molecule is O=C(O)CCC(=O)Nc1cc([N+](=O)[O-])ccc1OCc1ccccc1. The van der Waals surface area contributed by atoms with Crippen molar-refractivity contribution in [3.63, 3.8) is 0 Å². The molecule has 0 radical (unpaired) electrons. The molecule has 8 nitrogen and oxygen atoms in total. The number of hydrogen-bond acceptors (Lipinski definition) is 5. The van der Waals surface area contributed by atoms with Crippen LogP contribution in [0.5, 0.6) is 5.75 Å². The second kappa shape index (κ2) is 8.44. The zero-order chi connectivity index (χ0) is 18.2. The van der Waals surface area contributed by atoms with Crippen molar-refractivity contribution in [1.82, 2.24) is 0 Å². The van der Waals surface area contributed by atoms with Crippen LogP contribution in [0.2, 0.25) is 0 Å². The molecule has 2 aromatic carbocycles. The largest absolute Gasteiger partial charge is 0.487 e. The first kappa shape index (κ1) is 17.9. The Kier molecular flexibility index (Phi) is 6.05. The number of carboxylic acid groups (broad SMARTS) is 1. The lowest BCUT2D eigenvalue weighted by Crippen LogP contribution is -2.14. The Morgan fingerprint density at radius 3 is 2.48 bits per heavy atom. The summed E-state index contributed by atoms with van der Waals surface area (Å²) >= 11 is 0. The first-order chi connectivity index (χ1) is 12.0. The van der Waals surface area contributed by atoms with Crippen molar-refractivity contribution in [2.24, 2.45) is 0 Å². The van der Waals surface area contributed by atoms with Crippen LogP contribution in [0, 0.1) is 10.1 Å². The van der Waals surface area contributed by atoms with Gasteiger partial charge < -0.3 is 15.2 Å². The fraction of sp³-hybridized carbons (Fsp3) is 0.176. The van der Waals surface area contributed by atoms with Crippen molar-refractivity contribution in [2.45, 2.75) is 19.4 Å². The van der Waals surface area contributed by atoms with E-state index in [2.05, 4.69) is 5.32 Å². The number of hydrogen-bond donors (Lipinski definition) is 2. The monoisotopic (exact) mass is 344 g/mol. The van der Waals surface area contributed by atoms with Crippen LogP contribution >= 0.6 is 0 Å². The number of anilines is 1. The second-order valence-electron chi connectivity index (χ2n) is 5.15. The number of nitrogens with one attached hydrogen (secondary N) is 1. The maximum atomic E-state index is 11.8. The van der Waals surface area contributed by atoms with Gasteiger partial charge in [-0.2, -0.15) is 0 Å². The first-order valence-electron chi connectivity index (χ1n) is 7.42. The molecule has 0 aliphatic heterocycles. The molecule has 0 heterocycles. The minimum absolute atomic E-state index is 0.125. The van der Waals surface area contributed by atoms with Crippen LogP contribution in [-0.2, 0) is 16.2 Å². The van der Waals surface area contributed by atoms with Crippen molar-refractivity contribution in [1.29, 1.82) is 0 Å². The maximum Gasteiger partial charge on any atom is 0.303 e. The molecule has 0 saturated carbocycles. The van der Waals surface area contributed by atoms with Gasteiger partial charge in [-0.3, -0.25) is 19.7 Å². The van der Waals surface area contributed by atoms with E-state index in [4.69, 9.17) is 9.84 Å². The Balaban J connectivity index is 2.15. The molecule has 25 heavy (non-hydrogen) atoms. The quantitative estimate of drug-likeness (QED) is 0.561. The molecule has 1 amide bonds. The normalized spacial score (nSPS) is 10.1. The summed E-state index contributed by atoms with van der Waals surface area (Å²) in [7, 11) is 0. The van der Waals surface area contributed by atoms with Gasteiger partial charge in [0.15, 0.2) is 0 Å². The van der Waals surface area contributed by atoms with Gasteiger partial charge >= 0.3 is 5.97 Å². The molecule has 0 fully saturated rings. The molecule has 0 aliphatic rings. The Morgan fingerprint density at radius 1 is 1.12 bits per heavy atom. The molecule has 0 saturated heterocycles. The lowest BCUT2D eigenvalue weighted by atomic mass is 10.2. The fourth-order valence-corrected chi connectivity index (χ4v) is 2.02. The Morgan fingerprint density at radius 2 is 1.84 bits per heavy atom. The van der Waals surface area contributed by atoms with Crippen LogP contribution in [0.25, 0.3) is 0 Å². The maximum absolute atomic E-state index is 11.8. The molecule has 0 aliphatic carbocycles. The number of nitro benzene ring substituents is 1. The second-order valence-corrected chi connectivity index (χ2v) is 5.15. The molecular weight excluding hydrogens is 328 g/mol. The third kappa shape index (κ3) is 5.61. The minimum Gasteiger partial charge on any atom is -0.487 e. The average molecular weight is 344 g/mol. The molecular formula is C17H16N2O6. The number of nitro groups is 1. The van der Waals surface area contributed by atoms with E-state index in [9.17, 15) is 19.7 Å². The minimum atomic E-state index is -1.10. The third-order valence-corrected chi connectivity index (χ3v) is 3.25. The van der Waals surface area contributed by atoms with E-state index in [1.165, 1.54) is 18.2 Å². The van der Waals surface area contributed by atoms with E-state index < -0.39 is 16.8 Å². The summed E-state index contributed by atoms with van der Waals surface area (Å²) in [6, 6.07) is 13.1. The summed E-state index contributed by atoms with van der Waals surface area (Å²) < 4.78 is 5.63. The highest BCUT2D eigenvalue weighted by atomic mass is 16.6. The number of nitrogens with zero attached hydrogens (tertiary/aromatic N) is 1. The van der Waals surface area contributed by atoms with E-state index in [0.29, 0.717) is 0 Å². The number of benzene rings is 2. The molecule has 2 N–H and O–H groups in total. The Bertz CT molecular complexity index is 776. The predicted octanol–water partition coefficient (Wildman–Crippen LogP) is 2.98. The average Bonchev–Trinajstić information content (AvgIpc) is 2.59. The van der Waals surface area contributed by atoms with Gasteiger partial charge in [-0.25, -0.2) is 0 Å². The van der Waals surface area contributed by atoms with E-state index in [1.54, 1.807) is 0 Å². The summed E-state index contributed by atoms with van der Waals surface area (Å²) in [6.07, 6.45) is -0.572. The van der Waals surface area contributed by atoms with Gasteiger partial charge in [0.1, 0.15) is 12.4 Å². The number of carbonyl (C=O) groups is 2. The van der Waals surface area contributed by atoms with Gasteiger partial charge in [0.25, 0.3) is 5.69 Å². The smallest absolute Gasteiger partial charge is 0.303 e. The van der Waals surface area contributed by atoms with Crippen LogP contribution in [-0.4, -0.2) is 21.9 Å². The molecule has 0 spiro atoms. The zero-order valence-corrected chi connectivity index (χ0v) is 13.2. The highest BCUT2D eigenvalue weighted by Gasteiger charge is 2.15. The highest BCUT2D eigenvalue weighted by Crippen LogP contribution is 2.30.